The molecule has 3 aromatic rings. The Morgan fingerprint density at radius 1 is 1.08 bits per heavy atom. The summed E-state index contributed by atoms with van der Waals surface area (Å²) >= 11 is 0. The molecule has 0 saturated carbocycles. The third-order valence-electron chi connectivity index (χ3n) is 7.41. The molecule has 2 aliphatic rings. The van der Waals surface area contributed by atoms with Crippen LogP contribution in [0.3, 0.4) is 0 Å². The highest BCUT2D eigenvalue weighted by Crippen LogP contribution is 2.33. The van der Waals surface area contributed by atoms with Gasteiger partial charge in [0.1, 0.15) is 17.7 Å². The molecule has 5 rings (SSSR count). The van der Waals surface area contributed by atoms with Gasteiger partial charge in [0.05, 0.1) is 29.2 Å². The summed E-state index contributed by atoms with van der Waals surface area (Å²) in [5.41, 5.74) is 4.12. The molecule has 5 heterocycles. The van der Waals surface area contributed by atoms with Crippen molar-refractivity contribution in [2.45, 2.75) is 51.1 Å². The second kappa shape index (κ2) is 10.4. The van der Waals surface area contributed by atoms with Gasteiger partial charge in [-0.25, -0.2) is 9.50 Å². The van der Waals surface area contributed by atoms with E-state index in [9.17, 15) is 23.2 Å². The molecule has 0 bridgehead atoms. The van der Waals surface area contributed by atoms with E-state index in [4.69, 9.17) is 0 Å². The highest BCUT2D eigenvalue weighted by atomic mass is 19.4. The first kappa shape index (κ1) is 25.1. The van der Waals surface area contributed by atoms with E-state index in [0.717, 1.165) is 54.1 Å². The lowest BCUT2D eigenvalue weighted by atomic mass is 9.90. The summed E-state index contributed by atoms with van der Waals surface area (Å²) in [4.78, 5) is 21.5. The summed E-state index contributed by atoms with van der Waals surface area (Å²) in [7, 11) is 0. The van der Waals surface area contributed by atoms with Crippen LogP contribution in [0.25, 0.3) is 16.6 Å². The number of ketones is 1. The molecule has 0 radical (unpaired) electrons. The van der Waals surface area contributed by atoms with Crippen LogP contribution >= 0.6 is 0 Å². The van der Waals surface area contributed by atoms with Crippen molar-refractivity contribution in [2.24, 2.45) is 5.92 Å². The number of carbonyl (C=O) groups is 1. The maximum Gasteiger partial charge on any atom is 0.389 e. The third-order valence-corrected chi connectivity index (χ3v) is 7.41. The van der Waals surface area contributed by atoms with Gasteiger partial charge in [0.25, 0.3) is 0 Å². The molecule has 0 aromatic carbocycles. The van der Waals surface area contributed by atoms with Crippen molar-refractivity contribution in [3.8, 4) is 17.2 Å². The second-order valence-electron chi connectivity index (χ2n) is 9.87. The number of halogens is 3. The number of nitriles is 1. The van der Waals surface area contributed by atoms with Crippen molar-refractivity contribution in [3.05, 3.63) is 42.4 Å². The van der Waals surface area contributed by atoms with E-state index < -0.39 is 12.6 Å². The number of hydrogen-bond donors (Lipinski definition) is 0. The molecule has 0 amide bonds. The van der Waals surface area contributed by atoms with Gasteiger partial charge in [0.15, 0.2) is 0 Å². The smallest absolute Gasteiger partial charge is 0.370 e. The molecule has 0 spiro atoms. The Labute approximate surface area is 213 Å². The van der Waals surface area contributed by atoms with E-state index in [0.29, 0.717) is 31.5 Å². The van der Waals surface area contributed by atoms with Gasteiger partial charge in [-0.2, -0.15) is 23.5 Å². The molecule has 0 unspecified atom stereocenters. The molecule has 3 aromatic heterocycles. The third kappa shape index (κ3) is 5.55. The summed E-state index contributed by atoms with van der Waals surface area (Å²) in [5, 5.41) is 14.0. The quantitative estimate of drug-likeness (QED) is 0.424. The molecule has 0 aliphatic carbocycles. The van der Waals surface area contributed by atoms with E-state index in [1.165, 1.54) is 0 Å². The maximum atomic E-state index is 12.4. The van der Waals surface area contributed by atoms with Gasteiger partial charge in [0, 0.05) is 62.3 Å². The van der Waals surface area contributed by atoms with Gasteiger partial charge in [-0.05, 0) is 50.3 Å². The summed E-state index contributed by atoms with van der Waals surface area (Å²) in [6.45, 7) is 3.26. The second-order valence-corrected chi connectivity index (χ2v) is 9.87. The first-order chi connectivity index (χ1) is 17.8. The highest BCUT2D eigenvalue weighted by Gasteiger charge is 2.29. The van der Waals surface area contributed by atoms with Crippen LogP contribution in [-0.2, 0) is 4.79 Å². The van der Waals surface area contributed by atoms with Crippen molar-refractivity contribution in [3.63, 3.8) is 0 Å². The van der Waals surface area contributed by atoms with Gasteiger partial charge in [-0.3, -0.25) is 4.79 Å². The summed E-state index contributed by atoms with van der Waals surface area (Å²) in [5.74, 6) is 0.548. The van der Waals surface area contributed by atoms with Crippen LogP contribution in [0.15, 0.2) is 36.8 Å². The van der Waals surface area contributed by atoms with E-state index >= 15 is 0 Å². The minimum absolute atomic E-state index is 0.0125. The molecule has 2 saturated heterocycles. The molecule has 0 N–H and O–H groups in total. The van der Waals surface area contributed by atoms with E-state index in [1.807, 2.05) is 18.3 Å². The molecular weight excluding hydrogens is 481 g/mol. The van der Waals surface area contributed by atoms with Crippen LogP contribution < -0.4 is 9.80 Å². The van der Waals surface area contributed by atoms with Crippen LogP contribution in [0.1, 0.15) is 50.5 Å². The Kier molecular flexibility index (Phi) is 7.04. The first-order valence-electron chi connectivity index (χ1n) is 12.8. The topological polar surface area (TPSA) is 77.5 Å². The van der Waals surface area contributed by atoms with Crippen LogP contribution in [0.5, 0.6) is 0 Å². The number of piperidine rings is 1. The number of rotatable bonds is 7. The lowest BCUT2D eigenvalue weighted by molar-refractivity contribution is -0.137. The largest absolute Gasteiger partial charge is 0.389 e. The fourth-order valence-corrected chi connectivity index (χ4v) is 5.39. The highest BCUT2D eigenvalue weighted by molar-refractivity contribution is 5.86. The van der Waals surface area contributed by atoms with Crippen LogP contribution in [0.2, 0.25) is 0 Å². The monoisotopic (exact) mass is 510 g/mol. The number of anilines is 2. The Balaban J connectivity index is 1.29. The van der Waals surface area contributed by atoms with Crippen molar-refractivity contribution < 1.29 is 18.0 Å². The number of carbonyl (C=O) groups excluding carboxylic acids is 1. The molecule has 0 atom stereocenters. The van der Waals surface area contributed by atoms with Gasteiger partial charge < -0.3 is 9.80 Å². The van der Waals surface area contributed by atoms with Crippen LogP contribution in [-0.4, -0.2) is 52.7 Å². The number of nitrogens with zero attached hydrogens (tertiary/aromatic N) is 6. The first-order valence-corrected chi connectivity index (χ1v) is 12.8. The predicted molar refractivity (Wildman–Crippen MR) is 134 cm³/mol. The molecule has 7 nitrogen and oxygen atoms in total. The number of hydrogen-bond acceptors (Lipinski definition) is 6. The Morgan fingerprint density at radius 3 is 2.49 bits per heavy atom. The van der Waals surface area contributed by atoms with Crippen molar-refractivity contribution >= 4 is 22.8 Å². The van der Waals surface area contributed by atoms with E-state index in [-0.39, 0.29) is 24.5 Å². The normalized spacial score (nSPS) is 16.9. The summed E-state index contributed by atoms with van der Waals surface area (Å²) < 4.78 is 38.9. The number of aromatic nitrogens is 3. The van der Waals surface area contributed by atoms with Crippen molar-refractivity contribution in [2.75, 3.05) is 36.0 Å². The fraction of sp³-hybridized carbons (Fsp3) is 0.481. The SMILES string of the molecule is N#Cc1cnn2cc(N3CCCC3)cc(-c3ccc(N4CCC(C(=O)CCCC(F)(F)F)CC4)nc3)c12. The zero-order valence-electron chi connectivity index (χ0n) is 20.5. The average Bonchev–Trinajstić information content (AvgIpc) is 3.58. The zero-order chi connectivity index (χ0) is 26.0. The molecule has 2 aliphatic heterocycles. The maximum absolute atomic E-state index is 12.4. The molecule has 2 fully saturated rings. The van der Waals surface area contributed by atoms with Crippen molar-refractivity contribution in [1.82, 2.24) is 14.6 Å². The molecule has 194 valence electrons. The zero-order valence-corrected chi connectivity index (χ0v) is 20.5. The Hall–Kier alpha value is -3.61. The number of pyridine rings is 2. The van der Waals surface area contributed by atoms with E-state index in [1.54, 1.807) is 16.9 Å². The van der Waals surface area contributed by atoms with Gasteiger partial charge in [0.2, 0.25) is 0 Å². The minimum Gasteiger partial charge on any atom is -0.370 e. The van der Waals surface area contributed by atoms with Gasteiger partial charge in [-0.1, -0.05) is 0 Å². The molecule has 10 heteroatoms. The lowest BCUT2D eigenvalue weighted by Gasteiger charge is -2.32. The van der Waals surface area contributed by atoms with Crippen LogP contribution in [0.4, 0.5) is 24.7 Å². The standard InChI is InChI=1S/C27H29F3N6O/c28-27(29,30)9-3-4-24(37)19-7-12-35(13-8-19)25-6-5-20(16-32-25)23-14-22(34-10-1-2-11-34)18-36-26(23)21(15-31)17-33-36/h5-6,14,16-19H,1-4,7-13H2. The van der Waals surface area contributed by atoms with Crippen LogP contribution in [0, 0.1) is 17.2 Å². The number of fused-ring (bicyclic) bond motifs is 1. The minimum atomic E-state index is -4.21. The average molecular weight is 511 g/mol. The number of Topliss-reactive ketones (excluding diaryl/α,β-unsaturated/α-hetero) is 1. The Morgan fingerprint density at radius 2 is 1.84 bits per heavy atom. The number of alkyl halides is 3. The lowest BCUT2D eigenvalue weighted by Crippen LogP contribution is -2.36. The predicted octanol–water partition coefficient (Wildman–Crippen LogP) is 5.39. The van der Waals surface area contributed by atoms with Gasteiger partial charge >= 0.3 is 6.18 Å². The van der Waals surface area contributed by atoms with Crippen molar-refractivity contribution in [1.29, 1.82) is 5.26 Å². The van der Waals surface area contributed by atoms with Gasteiger partial charge in [-0.15, -0.1) is 0 Å². The summed E-state index contributed by atoms with van der Waals surface area (Å²) in [6.07, 6.45) is 3.65. The summed E-state index contributed by atoms with van der Waals surface area (Å²) in [6, 6.07) is 8.28. The van der Waals surface area contributed by atoms with E-state index in [2.05, 4.69) is 32.0 Å². The molecular formula is C27H29F3N6O. The Bertz CT molecular complexity index is 1300. The fourth-order valence-electron chi connectivity index (χ4n) is 5.39. The molecule has 37 heavy (non-hydrogen) atoms.